The Bertz CT molecular complexity index is 1390. The van der Waals surface area contributed by atoms with E-state index in [2.05, 4.69) is 168 Å². The molecule has 0 aromatic heterocycles. The van der Waals surface area contributed by atoms with Gasteiger partial charge in [-0.1, -0.05) is 168 Å². The second kappa shape index (κ2) is 13.1. The fourth-order valence-electron chi connectivity index (χ4n) is 5.45. The lowest BCUT2D eigenvalue weighted by Gasteiger charge is -2.28. The smallest absolute Gasteiger partial charge is 0.149 e. The minimum atomic E-state index is -0.917. The van der Waals surface area contributed by atoms with E-state index in [1.165, 1.54) is 55.6 Å². The molecule has 0 aliphatic carbocycles. The van der Waals surface area contributed by atoms with Gasteiger partial charge in [0.2, 0.25) is 0 Å². The molecule has 4 rings (SSSR count). The van der Waals surface area contributed by atoms with Crippen molar-refractivity contribution in [2.45, 2.75) is 105 Å². The molecule has 0 saturated heterocycles. The molecular formula is C40H53O2P. The Morgan fingerprint density at radius 3 is 0.860 bits per heavy atom. The van der Waals surface area contributed by atoms with Gasteiger partial charge in [0.05, 0.1) is 0 Å². The van der Waals surface area contributed by atoms with E-state index in [4.69, 9.17) is 9.79 Å². The monoisotopic (exact) mass is 596 g/mol. The quantitative estimate of drug-likeness (QED) is 0.231. The molecule has 0 aliphatic rings. The number of benzene rings is 4. The van der Waals surface area contributed by atoms with Crippen molar-refractivity contribution in [1.82, 2.24) is 0 Å². The van der Waals surface area contributed by atoms with E-state index in [0.29, 0.717) is 0 Å². The summed E-state index contributed by atoms with van der Waals surface area (Å²) < 4.78 is 0. The van der Waals surface area contributed by atoms with Crippen molar-refractivity contribution < 1.29 is 9.79 Å². The zero-order chi connectivity index (χ0) is 32.4. The number of hydrogen-bond acceptors (Lipinski definition) is 2. The molecule has 0 bridgehead atoms. The molecule has 43 heavy (non-hydrogen) atoms. The van der Waals surface area contributed by atoms with E-state index >= 15 is 0 Å². The molecule has 0 heterocycles. The SMILES string of the molecule is CC(C)(C)c1ccc(-c2ccc(-c3ccc(-c4ccc(C(C)(C)C)cc4C(C)(C)C)cc3)cc2)c(C(C)(C)C)c1.OPO. The van der Waals surface area contributed by atoms with Crippen LogP contribution in [0.15, 0.2) is 84.9 Å². The van der Waals surface area contributed by atoms with E-state index in [1.807, 2.05) is 0 Å². The highest BCUT2D eigenvalue weighted by Crippen LogP contribution is 2.39. The van der Waals surface area contributed by atoms with Crippen molar-refractivity contribution in [2.24, 2.45) is 0 Å². The zero-order valence-corrected chi connectivity index (χ0v) is 29.5. The molecule has 0 amide bonds. The van der Waals surface area contributed by atoms with Crippen molar-refractivity contribution in [3.8, 4) is 33.4 Å². The topological polar surface area (TPSA) is 40.5 Å². The van der Waals surface area contributed by atoms with Gasteiger partial charge in [-0.3, -0.25) is 0 Å². The van der Waals surface area contributed by atoms with Crippen LogP contribution < -0.4 is 0 Å². The Labute approximate surface area is 263 Å². The summed E-state index contributed by atoms with van der Waals surface area (Å²) in [5, 5.41) is 0. The van der Waals surface area contributed by atoms with Crippen LogP contribution in [0.25, 0.3) is 33.4 Å². The predicted octanol–water partition coefficient (Wildman–Crippen LogP) is 11.4. The Hall–Kier alpha value is -2.77. The van der Waals surface area contributed by atoms with Crippen LogP contribution in [0.5, 0.6) is 0 Å². The first-order chi connectivity index (χ1) is 19.8. The number of hydrogen-bond donors (Lipinski definition) is 2. The van der Waals surface area contributed by atoms with Gasteiger partial charge >= 0.3 is 0 Å². The maximum absolute atomic E-state index is 7.15. The molecule has 2 N–H and O–H groups in total. The molecule has 0 unspecified atom stereocenters. The first kappa shape index (κ1) is 34.7. The molecule has 4 aromatic carbocycles. The fourth-order valence-corrected chi connectivity index (χ4v) is 5.45. The van der Waals surface area contributed by atoms with Crippen LogP contribution in [0.2, 0.25) is 0 Å². The Morgan fingerprint density at radius 1 is 0.372 bits per heavy atom. The Morgan fingerprint density at radius 2 is 0.628 bits per heavy atom. The summed E-state index contributed by atoms with van der Waals surface area (Å²) in [6.45, 7) is 27.6. The van der Waals surface area contributed by atoms with Gasteiger partial charge in [-0.05, 0) is 77.3 Å². The minimum absolute atomic E-state index is 0.0715. The summed E-state index contributed by atoms with van der Waals surface area (Å²) in [6, 6.07) is 32.3. The maximum Gasteiger partial charge on any atom is 0.149 e. The van der Waals surface area contributed by atoms with Crippen molar-refractivity contribution in [1.29, 1.82) is 0 Å². The van der Waals surface area contributed by atoms with Gasteiger partial charge in [0.1, 0.15) is 9.03 Å². The van der Waals surface area contributed by atoms with Crippen molar-refractivity contribution >= 4 is 9.03 Å². The average molecular weight is 597 g/mol. The fraction of sp³-hybridized carbons (Fsp3) is 0.400. The molecule has 0 atom stereocenters. The summed E-state index contributed by atoms with van der Waals surface area (Å²) in [4.78, 5) is 14.3. The summed E-state index contributed by atoms with van der Waals surface area (Å²) in [5.74, 6) is 0. The lowest BCUT2D eigenvalue weighted by Crippen LogP contribution is -2.17. The van der Waals surface area contributed by atoms with Gasteiger partial charge in [-0.2, -0.15) is 0 Å². The van der Waals surface area contributed by atoms with Gasteiger partial charge in [-0.25, -0.2) is 0 Å². The van der Waals surface area contributed by atoms with Crippen LogP contribution in [0, 0.1) is 0 Å². The second-order valence-corrected chi connectivity index (χ2v) is 16.0. The molecule has 230 valence electrons. The molecule has 4 aromatic rings. The van der Waals surface area contributed by atoms with E-state index in [-0.39, 0.29) is 21.7 Å². The molecular weight excluding hydrogens is 543 g/mol. The lowest BCUT2D eigenvalue weighted by atomic mass is 9.77. The normalized spacial score (nSPS) is 12.5. The predicted molar refractivity (Wildman–Crippen MR) is 190 cm³/mol. The van der Waals surface area contributed by atoms with Gasteiger partial charge < -0.3 is 9.79 Å². The zero-order valence-electron chi connectivity index (χ0n) is 28.5. The molecule has 0 spiro atoms. The third kappa shape index (κ3) is 8.66. The molecule has 0 radical (unpaired) electrons. The highest BCUT2D eigenvalue weighted by molar-refractivity contribution is 7.23. The third-order valence-electron chi connectivity index (χ3n) is 8.11. The van der Waals surface area contributed by atoms with E-state index in [0.717, 1.165) is 0 Å². The third-order valence-corrected chi connectivity index (χ3v) is 8.11. The van der Waals surface area contributed by atoms with Crippen LogP contribution in [0.3, 0.4) is 0 Å². The molecule has 3 heteroatoms. The van der Waals surface area contributed by atoms with Gasteiger partial charge in [0.25, 0.3) is 0 Å². The van der Waals surface area contributed by atoms with E-state index < -0.39 is 9.03 Å². The Kier molecular flexibility index (Phi) is 10.6. The minimum Gasteiger partial charge on any atom is -0.352 e. The van der Waals surface area contributed by atoms with Crippen molar-refractivity contribution in [3.05, 3.63) is 107 Å². The highest BCUT2D eigenvalue weighted by Gasteiger charge is 2.24. The summed E-state index contributed by atoms with van der Waals surface area (Å²) in [5.41, 5.74) is 13.7. The number of rotatable bonds is 3. The van der Waals surface area contributed by atoms with Crippen molar-refractivity contribution in [3.63, 3.8) is 0 Å². The molecule has 2 nitrogen and oxygen atoms in total. The summed E-state index contributed by atoms with van der Waals surface area (Å²) >= 11 is 0. The van der Waals surface area contributed by atoms with Gasteiger partial charge in [0, 0.05) is 0 Å². The van der Waals surface area contributed by atoms with Gasteiger partial charge in [-0.15, -0.1) is 0 Å². The average Bonchev–Trinajstić information content (AvgIpc) is 2.91. The second-order valence-electron chi connectivity index (χ2n) is 15.8. The lowest BCUT2D eigenvalue weighted by molar-refractivity contribution is 0.513. The molecule has 0 aliphatic heterocycles. The first-order valence-electron chi connectivity index (χ1n) is 15.3. The maximum atomic E-state index is 7.15. The molecule has 0 fully saturated rings. The highest BCUT2D eigenvalue weighted by atomic mass is 31.1. The largest absolute Gasteiger partial charge is 0.352 e. The Balaban J connectivity index is 0.00000162. The van der Waals surface area contributed by atoms with Crippen LogP contribution in [0.4, 0.5) is 0 Å². The standard InChI is InChI=1S/C40H50.H3O2P/c1-37(2,3)31-21-23-33(35(25-31)39(7,8)9)29-17-13-27(14-18-29)28-15-19-30(20-16-28)34-24-22-32(38(4,5)6)26-36(34)40(10,11)12;1-3-2/h13-26H,1-12H3;1-3H. The van der Waals surface area contributed by atoms with E-state index in [9.17, 15) is 0 Å². The van der Waals surface area contributed by atoms with Crippen LogP contribution >= 0.6 is 9.03 Å². The molecule has 0 saturated carbocycles. The van der Waals surface area contributed by atoms with E-state index in [1.54, 1.807) is 0 Å². The van der Waals surface area contributed by atoms with Gasteiger partial charge in [0.15, 0.2) is 0 Å². The van der Waals surface area contributed by atoms with Crippen LogP contribution in [-0.4, -0.2) is 9.79 Å². The van der Waals surface area contributed by atoms with Crippen LogP contribution in [-0.2, 0) is 21.7 Å². The van der Waals surface area contributed by atoms with Crippen molar-refractivity contribution in [2.75, 3.05) is 0 Å². The van der Waals surface area contributed by atoms with Crippen LogP contribution in [0.1, 0.15) is 105 Å². The summed E-state index contributed by atoms with van der Waals surface area (Å²) in [6.07, 6.45) is 0. The first-order valence-corrected chi connectivity index (χ1v) is 16.2. The summed E-state index contributed by atoms with van der Waals surface area (Å²) in [7, 11) is -0.917.